The zero-order chi connectivity index (χ0) is 27.0. The molecule has 0 saturated carbocycles. The molecule has 1 saturated heterocycles. The lowest BCUT2D eigenvalue weighted by molar-refractivity contribution is 0.403. The van der Waals surface area contributed by atoms with Crippen molar-refractivity contribution in [1.29, 1.82) is 0 Å². The average Bonchev–Trinajstić information content (AvgIpc) is 3.43. The molecule has 0 spiro atoms. The third-order valence-corrected chi connectivity index (χ3v) is 7.47. The van der Waals surface area contributed by atoms with Gasteiger partial charge >= 0.3 is 0 Å². The van der Waals surface area contributed by atoms with Crippen molar-refractivity contribution in [3.63, 3.8) is 0 Å². The maximum atomic E-state index is 5.96. The number of aryl methyl sites for hydroxylation is 1. The number of thiocarbonyl (C=S) groups is 1. The molecule has 1 aliphatic rings. The van der Waals surface area contributed by atoms with Crippen LogP contribution in [0.5, 0.6) is 11.5 Å². The van der Waals surface area contributed by atoms with E-state index in [9.17, 15) is 0 Å². The second kappa shape index (κ2) is 10.4. The Bertz CT molecular complexity index is 1450. The first-order valence-corrected chi connectivity index (χ1v) is 12.9. The minimum Gasteiger partial charge on any atom is -0.497 e. The predicted octanol–water partition coefficient (Wildman–Crippen LogP) is 5.75. The highest BCUT2D eigenvalue weighted by atomic mass is 32.1. The van der Waals surface area contributed by atoms with Crippen LogP contribution < -0.4 is 24.6 Å². The van der Waals surface area contributed by atoms with E-state index >= 15 is 0 Å². The molecule has 0 aliphatic carbocycles. The summed E-state index contributed by atoms with van der Waals surface area (Å²) in [4.78, 5) is 8.94. The molecule has 5 rings (SSSR count). The highest BCUT2D eigenvalue weighted by Gasteiger charge is 2.43. The maximum absolute atomic E-state index is 5.96. The van der Waals surface area contributed by atoms with Crippen LogP contribution in [0, 0.1) is 13.8 Å². The van der Waals surface area contributed by atoms with E-state index in [-0.39, 0.29) is 12.1 Å². The Labute approximate surface area is 229 Å². The van der Waals surface area contributed by atoms with Gasteiger partial charge in [0.05, 0.1) is 37.7 Å². The number of ether oxygens (including phenoxy) is 2. The maximum Gasteiger partial charge on any atom is 0.174 e. The summed E-state index contributed by atoms with van der Waals surface area (Å²) in [7, 11) is 7.44. The van der Waals surface area contributed by atoms with Gasteiger partial charge in [0.25, 0.3) is 0 Å². The predicted molar refractivity (Wildman–Crippen MR) is 157 cm³/mol. The molecule has 1 N–H and O–H groups in total. The number of aromatic nitrogens is 2. The van der Waals surface area contributed by atoms with Crippen LogP contribution in [0.25, 0.3) is 5.69 Å². The number of rotatable bonds is 7. The largest absolute Gasteiger partial charge is 0.497 e. The van der Waals surface area contributed by atoms with Gasteiger partial charge in [0.2, 0.25) is 0 Å². The van der Waals surface area contributed by atoms with Crippen molar-refractivity contribution in [2.75, 3.05) is 38.1 Å². The second-order valence-electron chi connectivity index (χ2n) is 9.61. The fourth-order valence-corrected chi connectivity index (χ4v) is 5.64. The molecule has 0 radical (unpaired) electrons. The van der Waals surface area contributed by atoms with Crippen LogP contribution in [0.1, 0.15) is 34.7 Å². The molecule has 3 heterocycles. The quantitative estimate of drug-likeness (QED) is 0.307. The number of hydrogen-bond acceptors (Lipinski definition) is 5. The van der Waals surface area contributed by atoms with Crippen molar-refractivity contribution in [1.82, 2.24) is 14.9 Å². The van der Waals surface area contributed by atoms with Gasteiger partial charge in [-0.3, -0.25) is 4.98 Å². The fraction of sp³-hybridized carbons (Fsp3) is 0.267. The molecule has 38 heavy (non-hydrogen) atoms. The SMILES string of the molecule is COc1ccc(OC)c(N2C(=S)NC(c3ccccn3)C2c2cc(C)n(-c3ccc(N(C)C)cc3)c2C)c1. The number of benzene rings is 2. The molecule has 0 bridgehead atoms. The van der Waals surface area contributed by atoms with Crippen molar-refractivity contribution in [2.24, 2.45) is 0 Å². The number of nitrogens with zero attached hydrogens (tertiary/aromatic N) is 4. The zero-order valence-electron chi connectivity index (χ0n) is 22.6. The molecule has 2 atom stereocenters. The summed E-state index contributed by atoms with van der Waals surface area (Å²) in [6, 6.07) is 22.3. The van der Waals surface area contributed by atoms with Crippen molar-refractivity contribution >= 4 is 28.7 Å². The van der Waals surface area contributed by atoms with Gasteiger partial charge in [0.15, 0.2) is 5.11 Å². The van der Waals surface area contributed by atoms with E-state index in [0.29, 0.717) is 5.11 Å². The smallest absolute Gasteiger partial charge is 0.174 e. The third-order valence-electron chi connectivity index (χ3n) is 7.16. The number of nitrogens with one attached hydrogen (secondary N) is 1. The van der Waals surface area contributed by atoms with Gasteiger partial charge in [-0.2, -0.15) is 0 Å². The minimum atomic E-state index is -0.167. The Morgan fingerprint density at radius 3 is 2.34 bits per heavy atom. The normalized spacial score (nSPS) is 16.9. The van der Waals surface area contributed by atoms with E-state index in [0.717, 1.165) is 51.2 Å². The van der Waals surface area contributed by atoms with Crippen LogP contribution >= 0.6 is 12.2 Å². The van der Waals surface area contributed by atoms with E-state index < -0.39 is 0 Å². The Morgan fingerprint density at radius 2 is 1.71 bits per heavy atom. The molecule has 2 unspecified atom stereocenters. The summed E-state index contributed by atoms with van der Waals surface area (Å²) in [5.74, 6) is 1.45. The lowest BCUT2D eigenvalue weighted by Gasteiger charge is -2.29. The van der Waals surface area contributed by atoms with Crippen LogP contribution in [-0.4, -0.2) is 43.0 Å². The zero-order valence-corrected chi connectivity index (χ0v) is 23.4. The summed E-state index contributed by atoms with van der Waals surface area (Å²) in [6.07, 6.45) is 1.82. The van der Waals surface area contributed by atoms with E-state index in [1.165, 1.54) is 0 Å². The summed E-state index contributed by atoms with van der Waals surface area (Å²) in [5, 5.41) is 4.16. The van der Waals surface area contributed by atoms with Crippen molar-refractivity contribution in [3.05, 3.63) is 95.6 Å². The highest BCUT2D eigenvalue weighted by Crippen LogP contribution is 2.47. The van der Waals surface area contributed by atoms with Crippen molar-refractivity contribution in [3.8, 4) is 17.2 Å². The molecule has 4 aromatic rings. The molecule has 1 aliphatic heterocycles. The summed E-state index contributed by atoms with van der Waals surface area (Å²) in [5.41, 5.74) is 7.48. The summed E-state index contributed by atoms with van der Waals surface area (Å²) >= 11 is 5.96. The first kappa shape index (κ1) is 25.6. The molecule has 7 nitrogen and oxygen atoms in total. The van der Waals surface area contributed by atoms with Gasteiger partial charge in [-0.25, -0.2) is 0 Å². The van der Waals surface area contributed by atoms with Gasteiger partial charge in [0.1, 0.15) is 11.5 Å². The first-order valence-electron chi connectivity index (χ1n) is 12.5. The van der Waals surface area contributed by atoms with Gasteiger partial charge < -0.3 is 29.2 Å². The summed E-state index contributed by atoms with van der Waals surface area (Å²) in [6.45, 7) is 4.31. The third kappa shape index (κ3) is 4.45. The monoisotopic (exact) mass is 527 g/mol. The molecule has 196 valence electrons. The molecule has 8 heteroatoms. The molecule has 2 aromatic heterocycles. The molecular weight excluding hydrogens is 494 g/mol. The van der Waals surface area contributed by atoms with Gasteiger partial charge in [0, 0.05) is 49.1 Å². The second-order valence-corrected chi connectivity index (χ2v) is 9.99. The minimum absolute atomic E-state index is 0.162. The number of pyridine rings is 1. The van der Waals surface area contributed by atoms with Crippen molar-refractivity contribution < 1.29 is 9.47 Å². The van der Waals surface area contributed by atoms with Crippen LogP contribution in [0.4, 0.5) is 11.4 Å². The van der Waals surface area contributed by atoms with E-state index in [2.05, 4.69) is 78.0 Å². The molecule has 2 aromatic carbocycles. The number of methoxy groups -OCH3 is 2. The Hall–Kier alpha value is -4.04. The lowest BCUT2D eigenvalue weighted by atomic mass is 9.96. The average molecular weight is 528 g/mol. The lowest BCUT2D eigenvalue weighted by Crippen LogP contribution is -2.30. The first-order chi connectivity index (χ1) is 18.3. The van der Waals surface area contributed by atoms with Gasteiger partial charge in [-0.1, -0.05) is 6.07 Å². The van der Waals surface area contributed by atoms with Crippen LogP contribution in [0.15, 0.2) is 72.9 Å². The standard InChI is InChI=1S/C30H33N5O2S/c1-19-17-24(20(2)34(19)22-12-10-21(11-13-22)33(3)4)29-28(25-9-7-8-16-31-25)32-30(38)35(29)26-18-23(36-5)14-15-27(26)37-6/h7-18,28-29H,1-6H3,(H,32,38). The van der Waals surface area contributed by atoms with Crippen LogP contribution in [-0.2, 0) is 0 Å². The fourth-order valence-electron chi connectivity index (χ4n) is 5.30. The summed E-state index contributed by atoms with van der Waals surface area (Å²) < 4.78 is 13.6. The van der Waals surface area contributed by atoms with Gasteiger partial charge in [-0.15, -0.1) is 0 Å². The van der Waals surface area contributed by atoms with Crippen LogP contribution in [0.3, 0.4) is 0 Å². The topological polar surface area (TPSA) is 54.8 Å². The molecule has 0 amide bonds. The Balaban J connectivity index is 1.68. The molecular formula is C30H33N5O2S. The van der Waals surface area contributed by atoms with Crippen molar-refractivity contribution in [2.45, 2.75) is 25.9 Å². The Morgan fingerprint density at radius 1 is 0.947 bits per heavy atom. The number of hydrogen-bond donors (Lipinski definition) is 1. The van der Waals surface area contributed by atoms with Gasteiger partial charge in [-0.05, 0) is 86.2 Å². The van der Waals surface area contributed by atoms with Crippen LogP contribution in [0.2, 0.25) is 0 Å². The highest BCUT2D eigenvalue weighted by molar-refractivity contribution is 7.80. The molecule has 1 fully saturated rings. The van der Waals surface area contributed by atoms with E-state index in [1.54, 1.807) is 14.2 Å². The van der Waals surface area contributed by atoms with E-state index in [4.69, 9.17) is 26.7 Å². The Kier molecular flexibility index (Phi) is 6.99. The number of anilines is 2. The van der Waals surface area contributed by atoms with E-state index in [1.807, 2.05) is 42.6 Å².